The molecule has 0 aromatic carbocycles. The van der Waals surface area contributed by atoms with E-state index >= 15 is 0 Å². The van der Waals surface area contributed by atoms with Crippen molar-refractivity contribution in [3.05, 3.63) is 38.9 Å². The highest BCUT2D eigenvalue weighted by atomic mass is 79.9. The lowest BCUT2D eigenvalue weighted by Crippen LogP contribution is -2.31. The predicted molar refractivity (Wildman–Crippen MR) is 77.4 cm³/mol. The molecule has 1 unspecified atom stereocenters. The standard InChI is InChI=1S/C11H14Br2N4O2/c1-18-5-4-17-11(7(12)6-15-17)10(16-14)8-2-3-9(13)19-8/h2-3,6,10,16H,4-5,14H2,1H3. The van der Waals surface area contributed by atoms with Gasteiger partial charge in [-0.1, -0.05) is 0 Å². The van der Waals surface area contributed by atoms with Crippen LogP contribution >= 0.6 is 31.9 Å². The average Bonchev–Trinajstić information content (AvgIpc) is 2.97. The summed E-state index contributed by atoms with van der Waals surface area (Å²) in [6.45, 7) is 1.21. The van der Waals surface area contributed by atoms with Gasteiger partial charge in [0, 0.05) is 7.11 Å². The van der Waals surface area contributed by atoms with Gasteiger partial charge < -0.3 is 9.15 Å². The van der Waals surface area contributed by atoms with Gasteiger partial charge in [0.05, 0.1) is 29.5 Å². The third-order valence-electron chi connectivity index (χ3n) is 2.66. The smallest absolute Gasteiger partial charge is 0.169 e. The molecule has 2 heterocycles. The number of aromatic nitrogens is 2. The van der Waals surface area contributed by atoms with Gasteiger partial charge in [0.2, 0.25) is 0 Å². The van der Waals surface area contributed by atoms with Gasteiger partial charge in [0.25, 0.3) is 0 Å². The van der Waals surface area contributed by atoms with E-state index in [0.717, 1.165) is 10.2 Å². The second-order valence-electron chi connectivity index (χ2n) is 3.84. The van der Waals surface area contributed by atoms with Crippen LogP contribution in [0.15, 0.2) is 31.9 Å². The quantitative estimate of drug-likeness (QED) is 0.581. The van der Waals surface area contributed by atoms with Crippen LogP contribution in [0.5, 0.6) is 0 Å². The highest BCUT2D eigenvalue weighted by molar-refractivity contribution is 9.10. The Labute approximate surface area is 127 Å². The molecule has 3 N–H and O–H groups in total. The number of hydrogen-bond acceptors (Lipinski definition) is 5. The molecule has 0 aliphatic rings. The number of nitrogens with zero attached hydrogens (tertiary/aromatic N) is 2. The zero-order valence-corrected chi connectivity index (χ0v) is 13.4. The third kappa shape index (κ3) is 3.26. The lowest BCUT2D eigenvalue weighted by molar-refractivity contribution is 0.181. The Bertz CT molecular complexity index is 541. The van der Waals surface area contributed by atoms with Crippen molar-refractivity contribution >= 4 is 31.9 Å². The van der Waals surface area contributed by atoms with Crippen molar-refractivity contribution in [2.24, 2.45) is 5.84 Å². The Kier molecular flexibility index (Phi) is 5.17. The van der Waals surface area contributed by atoms with E-state index in [2.05, 4.69) is 42.4 Å². The van der Waals surface area contributed by atoms with Crippen LogP contribution < -0.4 is 11.3 Å². The van der Waals surface area contributed by atoms with Gasteiger partial charge in [-0.25, -0.2) is 5.43 Å². The van der Waals surface area contributed by atoms with Gasteiger partial charge in [-0.2, -0.15) is 5.10 Å². The molecule has 0 saturated heterocycles. The van der Waals surface area contributed by atoms with Crippen LogP contribution in [0, 0.1) is 0 Å². The molecule has 0 saturated carbocycles. The molecule has 0 amide bonds. The SMILES string of the molecule is COCCn1ncc(Br)c1C(NN)c1ccc(Br)o1. The second kappa shape index (κ2) is 6.67. The summed E-state index contributed by atoms with van der Waals surface area (Å²) in [7, 11) is 1.65. The summed E-state index contributed by atoms with van der Waals surface area (Å²) < 4.78 is 14.0. The van der Waals surface area contributed by atoms with Crippen LogP contribution in [0.25, 0.3) is 0 Å². The van der Waals surface area contributed by atoms with E-state index < -0.39 is 0 Å². The number of ether oxygens (including phenoxy) is 1. The monoisotopic (exact) mass is 392 g/mol. The first-order valence-electron chi connectivity index (χ1n) is 5.59. The van der Waals surface area contributed by atoms with Crippen molar-refractivity contribution in [2.75, 3.05) is 13.7 Å². The van der Waals surface area contributed by atoms with E-state index in [9.17, 15) is 0 Å². The molecule has 0 fully saturated rings. The topological polar surface area (TPSA) is 78.2 Å². The van der Waals surface area contributed by atoms with E-state index in [-0.39, 0.29) is 6.04 Å². The zero-order chi connectivity index (χ0) is 13.8. The number of furan rings is 1. The summed E-state index contributed by atoms with van der Waals surface area (Å²) in [5, 5.41) is 4.30. The molecule has 1 atom stereocenters. The van der Waals surface area contributed by atoms with Crippen molar-refractivity contribution in [1.29, 1.82) is 0 Å². The number of nitrogens with two attached hydrogens (primary N) is 1. The molecule has 0 aliphatic carbocycles. The number of nitrogens with one attached hydrogen (secondary N) is 1. The fraction of sp³-hybridized carbons (Fsp3) is 0.364. The van der Waals surface area contributed by atoms with Gasteiger partial charge >= 0.3 is 0 Å². The highest BCUT2D eigenvalue weighted by Gasteiger charge is 2.23. The van der Waals surface area contributed by atoms with Crippen molar-refractivity contribution < 1.29 is 9.15 Å². The van der Waals surface area contributed by atoms with Crippen molar-refractivity contribution in [2.45, 2.75) is 12.6 Å². The molecule has 2 aromatic rings. The van der Waals surface area contributed by atoms with Crippen LogP contribution in [0.4, 0.5) is 0 Å². The first kappa shape index (κ1) is 14.7. The van der Waals surface area contributed by atoms with Gasteiger partial charge in [-0.3, -0.25) is 10.5 Å². The van der Waals surface area contributed by atoms with E-state index in [4.69, 9.17) is 15.0 Å². The van der Waals surface area contributed by atoms with Gasteiger partial charge in [-0.15, -0.1) is 0 Å². The molecule has 8 heteroatoms. The Morgan fingerprint density at radius 2 is 2.32 bits per heavy atom. The van der Waals surface area contributed by atoms with Crippen LogP contribution in [0.2, 0.25) is 0 Å². The normalized spacial score (nSPS) is 12.8. The molecule has 104 valence electrons. The summed E-state index contributed by atoms with van der Waals surface area (Å²) in [6.07, 6.45) is 1.73. The van der Waals surface area contributed by atoms with Crippen LogP contribution in [0.3, 0.4) is 0 Å². The highest BCUT2D eigenvalue weighted by Crippen LogP contribution is 2.30. The molecule has 0 radical (unpaired) electrons. The largest absolute Gasteiger partial charge is 0.452 e. The molecular formula is C11H14Br2N4O2. The number of methoxy groups -OCH3 is 1. The van der Waals surface area contributed by atoms with E-state index in [1.807, 2.05) is 16.8 Å². The van der Waals surface area contributed by atoms with Crippen LogP contribution in [-0.2, 0) is 11.3 Å². The van der Waals surface area contributed by atoms with Crippen molar-refractivity contribution in [3.63, 3.8) is 0 Å². The number of halogens is 2. The lowest BCUT2D eigenvalue weighted by atomic mass is 10.1. The minimum atomic E-state index is -0.292. The van der Waals surface area contributed by atoms with Crippen LogP contribution in [-0.4, -0.2) is 23.5 Å². The zero-order valence-electron chi connectivity index (χ0n) is 10.3. The molecule has 19 heavy (non-hydrogen) atoms. The fourth-order valence-corrected chi connectivity index (χ4v) is 2.64. The summed E-state index contributed by atoms with van der Waals surface area (Å²) >= 11 is 6.76. The van der Waals surface area contributed by atoms with Crippen LogP contribution in [0.1, 0.15) is 17.5 Å². The van der Waals surface area contributed by atoms with Gasteiger partial charge in [-0.05, 0) is 44.0 Å². The summed E-state index contributed by atoms with van der Waals surface area (Å²) in [5.41, 5.74) is 3.64. The van der Waals surface area contributed by atoms with E-state index in [0.29, 0.717) is 23.6 Å². The van der Waals surface area contributed by atoms with Gasteiger partial charge in [0.1, 0.15) is 11.8 Å². The molecule has 6 nitrogen and oxygen atoms in total. The Morgan fingerprint density at radius 3 is 2.89 bits per heavy atom. The maximum atomic E-state index is 5.65. The number of rotatable bonds is 6. The molecule has 2 rings (SSSR count). The van der Waals surface area contributed by atoms with E-state index in [1.54, 1.807) is 13.3 Å². The summed E-state index contributed by atoms with van der Waals surface area (Å²) in [5.74, 6) is 6.36. The predicted octanol–water partition coefficient (Wildman–Crippen LogP) is 2.20. The fourth-order valence-electron chi connectivity index (χ4n) is 1.79. The minimum Gasteiger partial charge on any atom is -0.452 e. The minimum absolute atomic E-state index is 0.292. The first-order chi connectivity index (χ1) is 9.17. The number of hydrogen-bond donors (Lipinski definition) is 2. The van der Waals surface area contributed by atoms with Gasteiger partial charge in [0.15, 0.2) is 4.67 Å². The maximum Gasteiger partial charge on any atom is 0.169 e. The van der Waals surface area contributed by atoms with E-state index in [1.165, 1.54) is 0 Å². The first-order valence-corrected chi connectivity index (χ1v) is 7.17. The Balaban J connectivity index is 2.34. The van der Waals surface area contributed by atoms with Crippen molar-refractivity contribution in [1.82, 2.24) is 15.2 Å². The molecule has 0 bridgehead atoms. The molecule has 0 spiro atoms. The average molecular weight is 394 g/mol. The molecule has 0 aliphatic heterocycles. The Hall–Kier alpha value is -0.670. The molecular weight excluding hydrogens is 380 g/mol. The lowest BCUT2D eigenvalue weighted by Gasteiger charge is -2.16. The molecule has 2 aromatic heterocycles. The third-order valence-corrected chi connectivity index (χ3v) is 3.70. The maximum absolute atomic E-state index is 5.65. The number of hydrazine groups is 1. The van der Waals surface area contributed by atoms with Crippen molar-refractivity contribution in [3.8, 4) is 0 Å². The summed E-state index contributed by atoms with van der Waals surface area (Å²) in [4.78, 5) is 0. The summed E-state index contributed by atoms with van der Waals surface area (Å²) in [6, 6.07) is 3.39. The second-order valence-corrected chi connectivity index (χ2v) is 5.47. The Morgan fingerprint density at radius 1 is 1.53 bits per heavy atom.